The van der Waals surface area contributed by atoms with Crippen molar-refractivity contribution < 1.29 is 19.6 Å². The van der Waals surface area contributed by atoms with E-state index in [2.05, 4.69) is 5.48 Å². The molecule has 2 N–H and O–H groups in total. The molecule has 0 aromatic carbocycles. The summed E-state index contributed by atoms with van der Waals surface area (Å²) in [5.74, 6) is 0. The highest BCUT2D eigenvalue weighted by Crippen LogP contribution is 2.10. The number of quaternary nitrogens is 1. The minimum Gasteiger partial charge on any atom is -0.599 e. The van der Waals surface area contributed by atoms with E-state index in [4.69, 9.17) is 14.4 Å². The predicted octanol–water partition coefficient (Wildman–Crippen LogP) is 0.782. The van der Waals surface area contributed by atoms with Gasteiger partial charge in [-0.25, -0.2) is 5.23 Å². The summed E-state index contributed by atoms with van der Waals surface area (Å²) in [6.07, 6.45) is -0.0317. The zero-order chi connectivity index (χ0) is 14.4. The number of ether oxygens (including phenoxy) is 1. The van der Waals surface area contributed by atoms with Crippen LogP contribution < -0.4 is 10.7 Å². The van der Waals surface area contributed by atoms with Gasteiger partial charge in [0, 0.05) is 0 Å². The molecule has 110 valence electrons. The van der Waals surface area contributed by atoms with Crippen LogP contribution in [0, 0.1) is 5.21 Å². The van der Waals surface area contributed by atoms with Gasteiger partial charge in [0.05, 0.1) is 18.3 Å². The second-order valence-corrected chi connectivity index (χ2v) is 6.32. The number of nitrogens with one attached hydrogen (secondary N) is 2. The van der Waals surface area contributed by atoms with Crippen molar-refractivity contribution in [2.24, 2.45) is 0 Å². The molecular formula is C12H28N2O4. The topological polar surface area (TPSA) is 67.2 Å². The SMILES string of the molecule is CC(CONCO[NH+]([O-])C(C)(C)C)OC(C)(C)C. The summed E-state index contributed by atoms with van der Waals surface area (Å²) in [7, 11) is 0. The molecule has 0 aliphatic rings. The van der Waals surface area contributed by atoms with Gasteiger partial charge in [-0.1, -0.05) is 0 Å². The second-order valence-electron chi connectivity index (χ2n) is 6.32. The highest BCUT2D eigenvalue weighted by atomic mass is 16.9. The van der Waals surface area contributed by atoms with Gasteiger partial charge in [-0.05, 0) is 48.5 Å². The average Bonchev–Trinajstić information content (AvgIpc) is 2.12. The summed E-state index contributed by atoms with van der Waals surface area (Å²) >= 11 is 0. The Morgan fingerprint density at radius 3 is 2.17 bits per heavy atom. The van der Waals surface area contributed by atoms with Crippen molar-refractivity contribution in [2.75, 3.05) is 13.3 Å². The average molecular weight is 264 g/mol. The number of hydrogen-bond donors (Lipinski definition) is 2. The lowest BCUT2D eigenvalue weighted by Gasteiger charge is -2.32. The Hall–Kier alpha value is -0.240. The van der Waals surface area contributed by atoms with Gasteiger partial charge in [0.15, 0.2) is 6.73 Å². The summed E-state index contributed by atoms with van der Waals surface area (Å²) in [6, 6.07) is 0. The molecule has 2 unspecified atom stereocenters. The first-order chi connectivity index (χ1) is 8.02. The maximum absolute atomic E-state index is 11.4. The molecule has 0 aromatic rings. The van der Waals surface area contributed by atoms with E-state index in [1.807, 2.05) is 27.7 Å². The third-order valence-corrected chi connectivity index (χ3v) is 1.85. The molecule has 0 saturated carbocycles. The molecule has 0 spiro atoms. The van der Waals surface area contributed by atoms with E-state index in [0.29, 0.717) is 6.61 Å². The van der Waals surface area contributed by atoms with Gasteiger partial charge in [0.2, 0.25) is 0 Å². The first kappa shape index (κ1) is 17.8. The van der Waals surface area contributed by atoms with Crippen molar-refractivity contribution in [3.8, 4) is 0 Å². The minimum absolute atomic E-state index is 0.0317. The van der Waals surface area contributed by atoms with Crippen LogP contribution in [-0.2, 0) is 14.4 Å². The molecule has 0 aliphatic carbocycles. The first-order valence-corrected chi connectivity index (χ1v) is 6.22. The first-order valence-electron chi connectivity index (χ1n) is 6.22. The third-order valence-electron chi connectivity index (χ3n) is 1.85. The highest BCUT2D eigenvalue weighted by Gasteiger charge is 2.19. The molecule has 0 aromatic heterocycles. The Morgan fingerprint density at radius 2 is 1.72 bits per heavy atom. The Bertz CT molecular complexity index is 223. The lowest BCUT2D eigenvalue weighted by atomic mass is 10.1. The van der Waals surface area contributed by atoms with Crippen molar-refractivity contribution in [3.05, 3.63) is 5.21 Å². The van der Waals surface area contributed by atoms with E-state index in [0.717, 1.165) is 0 Å². The lowest BCUT2D eigenvalue weighted by molar-refractivity contribution is -1.09. The fourth-order valence-corrected chi connectivity index (χ4v) is 1.17. The van der Waals surface area contributed by atoms with Crippen LogP contribution in [0.15, 0.2) is 0 Å². The Morgan fingerprint density at radius 1 is 1.17 bits per heavy atom. The smallest absolute Gasteiger partial charge is 0.178 e. The second kappa shape index (κ2) is 7.37. The molecule has 18 heavy (non-hydrogen) atoms. The van der Waals surface area contributed by atoms with Gasteiger partial charge in [0.25, 0.3) is 0 Å². The molecule has 0 bridgehead atoms. The van der Waals surface area contributed by atoms with Crippen molar-refractivity contribution >= 4 is 0 Å². The van der Waals surface area contributed by atoms with E-state index in [1.165, 1.54) is 0 Å². The van der Waals surface area contributed by atoms with Gasteiger partial charge < -0.3 is 9.94 Å². The number of hydrogen-bond acceptors (Lipinski definition) is 5. The van der Waals surface area contributed by atoms with Crippen LogP contribution in [0.2, 0.25) is 0 Å². The Kier molecular flexibility index (Phi) is 7.28. The van der Waals surface area contributed by atoms with Gasteiger partial charge in [-0.2, -0.15) is 10.3 Å². The van der Waals surface area contributed by atoms with Crippen LogP contribution in [0.4, 0.5) is 0 Å². The van der Waals surface area contributed by atoms with Gasteiger partial charge >= 0.3 is 0 Å². The third kappa shape index (κ3) is 9.76. The van der Waals surface area contributed by atoms with E-state index in [1.54, 1.807) is 20.8 Å². The van der Waals surface area contributed by atoms with Crippen molar-refractivity contribution in [1.82, 2.24) is 5.48 Å². The molecule has 0 rings (SSSR count). The predicted molar refractivity (Wildman–Crippen MR) is 69.4 cm³/mol. The number of hydroxylamine groups is 3. The molecule has 6 heteroatoms. The maximum Gasteiger partial charge on any atom is 0.178 e. The Labute approximate surface area is 110 Å². The summed E-state index contributed by atoms with van der Waals surface area (Å²) in [5.41, 5.74) is 1.89. The molecule has 0 fully saturated rings. The van der Waals surface area contributed by atoms with E-state index in [-0.39, 0.29) is 23.7 Å². The molecule has 0 saturated heterocycles. The van der Waals surface area contributed by atoms with Gasteiger partial charge in [-0.3, -0.25) is 4.84 Å². The fraction of sp³-hybridized carbons (Fsp3) is 1.00. The fourth-order valence-electron chi connectivity index (χ4n) is 1.17. The zero-order valence-electron chi connectivity index (χ0n) is 12.6. The van der Waals surface area contributed by atoms with E-state index < -0.39 is 5.54 Å². The van der Waals surface area contributed by atoms with Crippen molar-refractivity contribution in [3.63, 3.8) is 0 Å². The van der Waals surface area contributed by atoms with Crippen LogP contribution in [0.5, 0.6) is 0 Å². The molecule has 0 radical (unpaired) electrons. The van der Waals surface area contributed by atoms with E-state index in [9.17, 15) is 5.21 Å². The zero-order valence-corrected chi connectivity index (χ0v) is 12.6. The Balaban J connectivity index is 3.57. The largest absolute Gasteiger partial charge is 0.599 e. The molecular weight excluding hydrogens is 236 g/mol. The van der Waals surface area contributed by atoms with Crippen LogP contribution in [0.3, 0.4) is 0 Å². The minimum atomic E-state index is -0.496. The van der Waals surface area contributed by atoms with Crippen molar-refractivity contribution in [2.45, 2.75) is 65.7 Å². The van der Waals surface area contributed by atoms with Gasteiger partial charge in [-0.15, -0.1) is 0 Å². The summed E-state index contributed by atoms with van der Waals surface area (Å²) < 4.78 is 5.65. The summed E-state index contributed by atoms with van der Waals surface area (Å²) in [5, 5.41) is 11.1. The quantitative estimate of drug-likeness (QED) is 0.404. The monoisotopic (exact) mass is 264 g/mol. The molecule has 0 heterocycles. The van der Waals surface area contributed by atoms with Crippen LogP contribution in [0.25, 0.3) is 0 Å². The molecule has 2 atom stereocenters. The lowest BCUT2D eigenvalue weighted by Crippen LogP contribution is -3.14. The van der Waals surface area contributed by atoms with Crippen LogP contribution >= 0.6 is 0 Å². The summed E-state index contributed by atoms with van der Waals surface area (Å²) in [4.78, 5) is 10.1. The standard InChI is InChI=1S/C12H28N2O4/c1-10(18-12(5,6)7)8-16-13-9-17-14(15)11(2,3)4/h10,13-14H,8-9H2,1-7H3. The molecule has 6 nitrogen and oxygen atoms in total. The normalized spacial score (nSPS) is 16.7. The summed E-state index contributed by atoms with van der Waals surface area (Å²) in [6.45, 7) is 13.7. The van der Waals surface area contributed by atoms with Crippen molar-refractivity contribution in [1.29, 1.82) is 0 Å². The molecule has 0 amide bonds. The van der Waals surface area contributed by atoms with Crippen LogP contribution in [-0.4, -0.2) is 30.6 Å². The number of rotatable bonds is 7. The van der Waals surface area contributed by atoms with Gasteiger partial charge in [0.1, 0.15) is 5.54 Å². The van der Waals surface area contributed by atoms with Crippen LogP contribution in [0.1, 0.15) is 48.5 Å². The highest BCUT2D eigenvalue weighted by molar-refractivity contribution is 4.62. The maximum atomic E-state index is 11.4. The molecule has 0 aliphatic heterocycles. The van der Waals surface area contributed by atoms with E-state index >= 15 is 0 Å².